The number of hydrogen-bond acceptors (Lipinski definition) is 4. The lowest BCUT2D eigenvalue weighted by Gasteiger charge is -2.07. The van der Waals surface area contributed by atoms with Crippen molar-refractivity contribution in [3.05, 3.63) is 33.8 Å². The Kier molecular flexibility index (Phi) is 3.14. The predicted molar refractivity (Wildman–Crippen MR) is 74.0 cm³/mol. The van der Waals surface area contributed by atoms with Crippen LogP contribution in [0.5, 0.6) is 5.75 Å². The van der Waals surface area contributed by atoms with Gasteiger partial charge in [-0.1, -0.05) is 0 Å². The monoisotopic (exact) mass is 350 g/mol. The standard InChI is InChI=1S/C13H8BrFN4O2/c14-7-3-6-10(4-8(7)15)21-2-1-19-9(5-16)11(12(17)20)18-13(6)19/h3-4H,1-2H2,(H2,17,20). The van der Waals surface area contributed by atoms with Gasteiger partial charge in [0.05, 0.1) is 16.6 Å². The molecule has 0 bridgehead atoms. The highest BCUT2D eigenvalue weighted by Crippen LogP contribution is 2.36. The summed E-state index contributed by atoms with van der Waals surface area (Å²) >= 11 is 3.10. The molecule has 1 aromatic carbocycles. The molecule has 0 aliphatic carbocycles. The zero-order chi connectivity index (χ0) is 15.1. The van der Waals surface area contributed by atoms with Crippen molar-refractivity contribution < 1.29 is 13.9 Å². The molecule has 1 aliphatic heterocycles. The molecule has 0 unspecified atom stereocenters. The number of primary amides is 1. The van der Waals surface area contributed by atoms with Gasteiger partial charge in [-0.2, -0.15) is 5.26 Å². The number of carbonyl (C=O) groups is 1. The predicted octanol–water partition coefficient (Wildman–Crippen LogP) is 1.81. The Morgan fingerprint density at radius 1 is 1.57 bits per heavy atom. The van der Waals surface area contributed by atoms with Crippen molar-refractivity contribution in [2.75, 3.05) is 6.61 Å². The zero-order valence-electron chi connectivity index (χ0n) is 10.6. The lowest BCUT2D eigenvalue weighted by molar-refractivity contribution is 0.0995. The summed E-state index contributed by atoms with van der Waals surface area (Å²) in [6, 6.07) is 4.66. The maximum absolute atomic E-state index is 13.6. The molecule has 2 aromatic rings. The molecule has 1 aliphatic rings. The van der Waals surface area contributed by atoms with Gasteiger partial charge < -0.3 is 15.0 Å². The minimum absolute atomic E-state index is 0.0781. The van der Waals surface area contributed by atoms with Gasteiger partial charge in [-0.05, 0) is 22.0 Å². The first-order valence-corrected chi connectivity index (χ1v) is 6.75. The number of halogens is 2. The third-order valence-electron chi connectivity index (χ3n) is 3.14. The average Bonchev–Trinajstić information content (AvgIpc) is 2.73. The van der Waals surface area contributed by atoms with Gasteiger partial charge in [-0.15, -0.1) is 0 Å². The zero-order valence-corrected chi connectivity index (χ0v) is 12.1. The molecule has 2 heterocycles. The highest BCUT2D eigenvalue weighted by atomic mass is 79.9. The summed E-state index contributed by atoms with van der Waals surface area (Å²) in [4.78, 5) is 15.5. The average molecular weight is 351 g/mol. The van der Waals surface area contributed by atoms with Gasteiger partial charge in [0.15, 0.2) is 11.4 Å². The number of nitriles is 1. The first-order valence-electron chi connectivity index (χ1n) is 5.95. The van der Waals surface area contributed by atoms with Crippen LogP contribution in [0.4, 0.5) is 4.39 Å². The molecule has 2 N–H and O–H groups in total. The summed E-state index contributed by atoms with van der Waals surface area (Å²) in [7, 11) is 0. The topological polar surface area (TPSA) is 93.9 Å². The molecule has 0 radical (unpaired) electrons. The maximum atomic E-state index is 13.6. The minimum Gasteiger partial charge on any atom is -0.491 e. The number of rotatable bonds is 1. The van der Waals surface area contributed by atoms with Crippen molar-refractivity contribution >= 4 is 21.8 Å². The quantitative estimate of drug-likeness (QED) is 0.848. The summed E-state index contributed by atoms with van der Waals surface area (Å²) in [5.74, 6) is -0.589. The van der Waals surface area contributed by atoms with E-state index in [2.05, 4.69) is 20.9 Å². The van der Waals surface area contributed by atoms with Gasteiger partial charge in [0.2, 0.25) is 0 Å². The van der Waals surface area contributed by atoms with E-state index >= 15 is 0 Å². The number of nitrogens with zero attached hydrogens (tertiary/aromatic N) is 3. The van der Waals surface area contributed by atoms with E-state index in [4.69, 9.17) is 10.5 Å². The molecule has 1 amide bonds. The highest BCUT2D eigenvalue weighted by Gasteiger charge is 2.26. The minimum atomic E-state index is -0.782. The summed E-state index contributed by atoms with van der Waals surface area (Å²) < 4.78 is 20.9. The molecular weight excluding hydrogens is 343 g/mol. The van der Waals surface area contributed by atoms with Crippen LogP contribution in [-0.2, 0) is 6.54 Å². The summed E-state index contributed by atoms with van der Waals surface area (Å²) in [5.41, 5.74) is 5.72. The molecule has 106 valence electrons. The molecule has 1 aromatic heterocycles. The highest BCUT2D eigenvalue weighted by molar-refractivity contribution is 9.10. The molecule has 0 atom stereocenters. The number of carbonyl (C=O) groups excluding carboxylic acids is 1. The first-order chi connectivity index (χ1) is 10.0. The number of fused-ring (bicyclic) bond motifs is 3. The van der Waals surface area contributed by atoms with E-state index in [1.165, 1.54) is 12.1 Å². The smallest absolute Gasteiger partial charge is 0.270 e. The van der Waals surface area contributed by atoms with Gasteiger partial charge >= 0.3 is 0 Å². The SMILES string of the molecule is N#Cc1c(C(N)=O)nc2n1CCOc1cc(F)c(Br)cc1-2. The van der Waals surface area contributed by atoms with Crippen LogP contribution in [0, 0.1) is 17.1 Å². The molecule has 3 rings (SSSR count). The fourth-order valence-corrected chi connectivity index (χ4v) is 2.57. The third-order valence-corrected chi connectivity index (χ3v) is 3.75. The molecule has 0 saturated heterocycles. The summed E-state index contributed by atoms with van der Waals surface area (Å²) in [6.45, 7) is 0.538. The second kappa shape index (κ2) is 4.86. The Bertz CT molecular complexity index is 809. The van der Waals surface area contributed by atoms with Crippen molar-refractivity contribution in [1.82, 2.24) is 9.55 Å². The Morgan fingerprint density at radius 3 is 3.00 bits per heavy atom. The van der Waals surface area contributed by atoms with E-state index in [1.54, 1.807) is 4.57 Å². The van der Waals surface area contributed by atoms with Crippen LogP contribution in [0.1, 0.15) is 16.2 Å². The van der Waals surface area contributed by atoms with Gasteiger partial charge in [0.1, 0.15) is 30.1 Å². The van der Waals surface area contributed by atoms with Crippen molar-refractivity contribution in [3.63, 3.8) is 0 Å². The van der Waals surface area contributed by atoms with Gasteiger partial charge in [-0.25, -0.2) is 9.37 Å². The molecule has 6 nitrogen and oxygen atoms in total. The van der Waals surface area contributed by atoms with Crippen LogP contribution in [0.2, 0.25) is 0 Å². The van der Waals surface area contributed by atoms with E-state index < -0.39 is 11.7 Å². The van der Waals surface area contributed by atoms with Crippen LogP contribution in [0.3, 0.4) is 0 Å². The molecule has 8 heteroatoms. The number of ether oxygens (including phenoxy) is 1. The fraction of sp³-hybridized carbons (Fsp3) is 0.154. The summed E-state index contributed by atoms with van der Waals surface area (Å²) in [5, 5.41) is 9.22. The normalized spacial score (nSPS) is 12.6. The van der Waals surface area contributed by atoms with Crippen molar-refractivity contribution in [1.29, 1.82) is 5.26 Å². The van der Waals surface area contributed by atoms with E-state index in [0.717, 1.165) is 0 Å². The van der Waals surface area contributed by atoms with E-state index in [1.807, 2.05) is 6.07 Å². The van der Waals surface area contributed by atoms with Crippen LogP contribution in [-0.4, -0.2) is 22.1 Å². The molecule has 0 spiro atoms. The van der Waals surface area contributed by atoms with Crippen LogP contribution in [0.15, 0.2) is 16.6 Å². The van der Waals surface area contributed by atoms with Crippen LogP contribution < -0.4 is 10.5 Å². The first kappa shape index (κ1) is 13.6. The van der Waals surface area contributed by atoms with Gasteiger partial charge in [-0.3, -0.25) is 4.79 Å². The number of nitrogens with two attached hydrogens (primary N) is 1. The van der Waals surface area contributed by atoms with E-state index in [0.29, 0.717) is 23.7 Å². The largest absolute Gasteiger partial charge is 0.491 e. The second-order valence-electron chi connectivity index (χ2n) is 4.37. The van der Waals surface area contributed by atoms with Crippen LogP contribution in [0.25, 0.3) is 11.4 Å². The van der Waals surface area contributed by atoms with Crippen LogP contribution >= 0.6 is 15.9 Å². The Balaban J connectivity index is 2.33. The van der Waals surface area contributed by atoms with Crippen molar-refractivity contribution in [2.24, 2.45) is 5.73 Å². The molecule has 0 saturated carbocycles. The van der Waals surface area contributed by atoms with Gasteiger partial charge in [0, 0.05) is 6.07 Å². The van der Waals surface area contributed by atoms with E-state index in [-0.39, 0.29) is 22.5 Å². The number of aromatic nitrogens is 2. The lowest BCUT2D eigenvalue weighted by Crippen LogP contribution is -2.15. The Labute approximate surface area is 127 Å². The summed E-state index contributed by atoms with van der Waals surface area (Å²) in [6.07, 6.45) is 0. The van der Waals surface area contributed by atoms with E-state index in [9.17, 15) is 14.4 Å². The van der Waals surface area contributed by atoms with Crippen molar-refractivity contribution in [2.45, 2.75) is 6.54 Å². The number of benzene rings is 1. The number of hydrogen-bond donors (Lipinski definition) is 1. The lowest BCUT2D eigenvalue weighted by atomic mass is 10.2. The number of amides is 1. The third kappa shape index (κ3) is 2.06. The maximum Gasteiger partial charge on any atom is 0.270 e. The molecule has 0 fully saturated rings. The number of imidazole rings is 1. The molecule has 21 heavy (non-hydrogen) atoms. The van der Waals surface area contributed by atoms with Gasteiger partial charge in [0.25, 0.3) is 5.91 Å². The second-order valence-corrected chi connectivity index (χ2v) is 5.23. The Hall–Kier alpha value is -2.40. The molecular formula is C13H8BrFN4O2. The van der Waals surface area contributed by atoms with Crippen molar-refractivity contribution in [3.8, 4) is 23.2 Å². The fourth-order valence-electron chi connectivity index (χ4n) is 2.23. The Morgan fingerprint density at radius 2 is 2.33 bits per heavy atom.